The molecule has 0 heterocycles. The van der Waals surface area contributed by atoms with Crippen LogP contribution in [0.1, 0.15) is 37.5 Å². The number of aryl methyl sites for hydroxylation is 2. The summed E-state index contributed by atoms with van der Waals surface area (Å²) < 4.78 is 0. The number of anilines is 2. The van der Waals surface area contributed by atoms with E-state index in [9.17, 15) is 9.59 Å². The smallest absolute Gasteiger partial charge is 0.234 e. The standard InChI is InChI=1S/C22H28N2O2S/c1-15-6-9-19(12-16(15)2)24-21(26)14-27-13-20(25)23-18-10-7-17(8-11-18)22(3,4)5/h6-12H,13-14H2,1-5H3,(H,23,25)(H,24,26). The van der Waals surface area contributed by atoms with Gasteiger partial charge >= 0.3 is 0 Å². The largest absolute Gasteiger partial charge is 0.325 e. The Kier molecular flexibility index (Phi) is 7.08. The molecular weight excluding hydrogens is 356 g/mol. The van der Waals surface area contributed by atoms with Gasteiger partial charge in [-0.3, -0.25) is 9.59 Å². The average Bonchev–Trinajstić information content (AvgIpc) is 2.58. The molecule has 4 nitrogen and oxygen atoms in total. The first-order chi connectivity index (χ1) is 12.6. The van der Waals surface area contributed by atoms with Gasteiger partial charge in [0.05, 0.1) is 11.5 Å². The number of benzene rings is 2. The lowest BCUT2D eigenvalue weighted by Crippen LogP contribution is -2.18. The summed E-state index contributed by atoms with van der Waals surface area (Å²) in [6.07, 6.45) is 0. The van der Waals surface area contributed by atoms with E-state index in [0.29, 0.717) is 0 Å². The number of hydrogen-bond acceptors (Lipinski definition) is 3. The molecule has 5 heteroatoms. The number of thioether (sulfide) groups is 1. The Hall–Kier alpha value is -2.27. The normalized spacial score (nSPS) is 11.1. The van der Waals surface area contributed by atoms with E-state index >= 15 is 0 Å². The van der Waals surface area contributed by atoms with Crippen molar-refractivity contribution in [3.63, 3.8) is 0 Å². The average molecular weight is 385 g/mol. The molecule has 0 bridgehead atoms. The van der Waals surface area contributed by atoms with Crippen molar-refractivity contribution in [2.24, 2.45) is 0 Å². The zero-order valence-corrected chi connectivity index (χ0v) is 17.5. The lowest BCUT2D eigenvalue weighted by atomic mass is 9.87. The number of amides is 2. The molecule has 2 N–H and O–H groups in total. The predicted molar refractivity (Wildman–Crippen MR) is 116 cm³/mol. The van der Waals surface area contributed by atoms with Gasteiger partial charge in [-0.25, -0.2) is 0 Å². The Morgan fingerprint density at radius 3 is 1.85 bits per heavy atom. The van der Waals surface area contributed by atoms with Crippen molar-refractivity contribution >= 4 is 35.0 Å². The van der Waals surface area contributed by atoms with Crippen molar-refractivity contribution in [3.8, 4) is 0 Å². The molecule has 27 heavy (non-hydrogen) atoms. The second kappa shape index (κ2) is 9.09. The Balaban J connectivity index is 1.75. The van der Waals surface area contributed by atoms with Gasteiger partial charge in [-0.2, -0.15) is 0 Å². The fraction of sp³-hybridized carbons (Fsp3) is 0.364. The highest BCUT2D eigenvalue weighted by Crippen LogP contribution is 2.23. The molecule has 0 saturated heterocycles. The quantitative estimate of drug-likeness (QED) is 0.744. The van der Waals surface area contributed by atoms with E-state index in [1.165, 1.54) is 22.9 Å². The highest BCUT2D eigenvalue weighted by atomic mass is 32.2. The lowest BCUT2D eigenvalue weighted by Gasteiger charge is -2.19. The zero-order chi connectivity index (χ0) is 20.0. The van der Waals surface area contributed by atoms with Crippen LogP contribution in [0.5, 0.6) is 0 Å². The van der Waals surface area contributed by atoms with Crippen molar-refractivity contribution in [2.45, 2.75) is 40.0 Å². The van der Waals surface area contributed by atoms with E-state index in [0.717, 1.165) is 16.9 Å². The van der Waals surface area contributed by atoms with Crippen molar-refractivity contribution in [1.82, 2.24) is 0 Å². The number of carbonyl (C=O) groups excluding carboxylic acids is 2. The molecule has 0 radical (unpaired) electrons. The van der Waals surface area contributed by atoms with E-state index in [2.05, 4.69) is 31.4 Å². The molecule has 144 valence electrons. The predicted octanol–water partition coefficient (Wildman–Crippen LogP) is 4.91. The van der Waals surface area contributed by atoms with Gasteiger partial charge in [0.15, 0.2) is 0 Å². The summed E-state index contributed by atoms with van der Waals surface area (Å²) in [5.74, 6) is 0.262. The third-order valence-electron chi connectivity index (χ3n) is 4.29. The fourth-order valence-electron chi connectivity index (χ4n) is 2.50. The Morgan fingerprint density at radius 2 is 1.33 bits per heavy atom. The minimum Gasteiger partial charge on any atom is -0.325 e. The van der Waals surface area contributed by atoms with E-state index in [1.807, 2.05) is 56.3 Å². The van der Waals surface area contributed by atoms with Crippen LogP contribution < -0.4 is 10.6 Å². The molecule has 0 fully saturated rings. The van der Waals surface area contributed by atoms with Crippen LogP contribution in [0, 0.1) is 13.8 Å². The topological polar surface area (TPSA) is 58.2 Å². The molecular formula is C22H28N2O2S. The third kappa shape index (κ3) is 6.75. The summed E-state index contributed by atoms with van der Waals surface area (Å²) in [5.41, 5.74) is 5.19. The molecule has 0 aliphatic heterocycles. The minimum atomic E-state index is -0.109. The SMILES string of the molecule is Cc1ccc(NC(=O)CSCC(=O)Nc2ccc(C(C)(C)C)cc2)cc1C. The monoisotopic (exact) mass is 384 g/mol. The third-order valence-corrected chi connectivity index (χ3v) is 5.22. The molecule has 2 rings (SSSR count). The van der Waals surface area contributed by atoms with Crippen LogP contribution >= 0.6 is 11.8 Å². The zero-order valence-electron chi connectivity index (χ0n) is 16.7. The van der Waals surface area contributed by atoms with Crippen LogP contribution in [0.3, 0.4) is 0 Å². The molecule has 2 amide bonds. The first-order valence-electron chi connectivity index (χ1n) is 9.00. The summed E-state index contributed by atoms with van der Waals surface area (Å²) in [5, 5.41) is 5.73. The van der Waals surface area contributed by atoms with E-state index in [1.54, 1.807) is 0 Å². The summed E-state index contributed by atoms with van der Waals surface area (Å²) in [6, 6.07) is 13.7. The molecule has 0 aliphatic carbocycles. The Bertz CT molecular complexity index is 808. The second-order valence-electron chi connectivity index (χ2n) is 7.72. The van der Waals surface area contributed by atoms with Gasteiger partial charge in [0, 0.05) is 11.4 Å². The minimum absolute atomic E-state index is 0.0851. The van der Waals surface area contributed by atoms with Crippen LogP contribution in [-0.4, -0.2) is 23.3 Å². The summed E-state index contributed by atoms with van der Waals surface area (Å²) >= 11 is 1.30. The van der Waals surface area contributed by atoms with Gasteiger partial charge in [-0.05, 0) is 60.2 Å². The highest BCUT2D eigenvalue weighted by molar-refractivity contribution is 8.00. The molecule has 2 aromatic carbocycles. The van der Waals surface area contributed by atoms with Gasteiger partial charge in [0.1, 0.15) is 0 Å². The van der Waals surface area contributed by atoms with Gasteiger partial charge < -0.3 is 10.6 Å². The molecule has 0 saturated carbocycles. The van der Waals surface area contributed by atoms with Crippen LogP contribution in [0.25, 0.3) is 0 Å². The first kappa shape index (κ1) is 21.0. The van der Waals surface area contributed by atoms with Gasteiger partial charge in [-0.1, -0.05) is 39.0 Å². The van der Waals surface area contributed by atoms with Crippen molar-refractivity contribution in [1.29, 1.82) is 0 Å². The molecule has 0 atom stereocenters. The van der Waals surface area contributed by atoms with Crippen molar-refractivity contribution in [2.75, 3.05) is 22.1 Å². The number of carbonyl (C=O) groups is 2. The van der Waals surface area contributed by atoms with Gasteiger partial charge in [0.25, 0.3) is 0 Å². The van der Waals surface area contributed by atoms with E-state index < -0.39 is 0 Å². The van der Waals surface area contributed by atoms with Crippen LogP contribution in [0.15, 0.2) is 42.5 Å². The van der Waals surface area contributed by atoms with Crippen LogP contribution in [0.2, 0.25) is 0 Å². The number of hydrogen-bond donors (Lipinski definition) is 2. The number of rotatable bonds is 6. The molecule has 0 aliphatic rings. The molecule has 0 spiro atoms. The van der Waals surface area contributed by atoms with Gasteiger partial charge in [-0.15, -0.1) is 11.8 Å². The van der Waals surface area contributed by atoms with Crippen molar-refractivity contribution < 1.29 is 9.59 Å². The lowest BCUT2D eigenvalue weighted by molar-refractivity contribution is -0.114. The van der Waals surface area contributed by atoms with Crippen LogP contribution in [0.4, 0.5) is 11.4 Å². The van der Waals surface area contributed by atoms with Gasteiger partial charge in [0.2, 0.25) is 11.8 Å². The molecule has 2 aromatic rings. The number of nitrogens with one attached hydrogen (secondary N) is 2. The first-order valence-corrected chi connectivity index (χ1v) is 10.2. The van der Waals surface area contributed by atoms with Crippen LogP contribution in [-0.2, 0) is 15.0 Å². The summed E-state index contributed by atoms with van der Waals surface area (Å²) in [7, 11) is 0. The maximum Gasteiger partial charge on any atom is 0.234 e. The highest BCUT2D eigenvalue weighted by Gasteiger charge is 2.13. The fourth-order valence-corrected chi connectivity index (χ4v) is 3.12. The van der Waals surface area contributed by atoms with E-state index in [-0.39, 0.29) is 28.7 Å². The van der Waals surface area contributed by atoms with E-state index in [4.69, 9.17) is 0 Å². The Morgan fingerprint density at radius 1 is 0.815 bits per heavy atom. The summed E-state index contributed by atoms with van der Waals surface area (Å²) in [6.45, 7) is 10.5. The molecule has 0 aromatic heterocycles. The second-order valence-corrected chi connectivity index (χ2v) is 8.70. The van der Waals surface area contributed by atoms with Crippen molar-refractivity contribution in [3.05, 3.63) is 59.2 Å². The molecule has 0 unspecified atom stereocenters. The Labute approximate surface area is 166 Å². The summed E-state index contributed by atoms with van der Waals surface area (Å²) in [4.78, 5) is 24.1. The maximum atomic E-state index is 12.1. The maximum absolute atomic E-state index is 12.1.